The van der Waals surface area contributed by atoms with Gasteiger partial charge in [-0.25, -0.2) is 4.79 Å². The lowest BCUT2D eigenvalue weighted by atomic mass is 10.1. The van der Waals surface area contributed by atoms with Crippen molar-refractivity contribution in [2.45, 2.75) is 19.8 Å². The second-order valence-electron chi connectivity index (χ2n) is 6.13. The van der Waals surface area contributed by atoms with Crippen LogP contribution in [0.3, 0.4) is 0 Å². The number of anilines is 1. The molecule has 2 aliphatic rings. The van der Waals surface area contributed by atoms with Gasteiger partial charge in [-0.15, -0.1) is 0 Å². The van der Waals surface area contributed by atoms with Gasteiger partial charge in [-0.1, -0.05) is 18.2 Å². The first kappa shape index (κ1) is 18.2. The summed E-state index contributed by atoms with van der Waals surface area (Å²) >= 11 is 0. The van der Waals surface area contributed by atoms with E-state index in [2.05, 4.69) is 15.4 Å². The van der Waals surface area contributed by atoms with Gasteiger partial charge in [0, 0.05) is 24.9 Å². The summed E-state index contributed by atoms with van der Waals surface area (Å²) in [5, 5.41) is 4.38. The normalized spacial score (nSPS) is 19.4. The quantitative estimate of drug-likeness (QED) is 0.368. The van der Waals surface area contributed by atoms with Gasteiger partial charge in [0.05, 0.1) is 31.7 Å². The van der Waals surface area contributed by atoms with Crippen molar-refractivity contribution in [3.63, 3.8) is 0 Å². The Kier molecular flexibility index (Phi) is 6.44. The molecule has 0 amide bonds. The monoisotopic (exact) mass is 355 g/mol. The van der Waals surface area contributed by atoms with Crippen molar-refractivity contribution in [2.75, 3.05) is 38.3 Å². The van der Waals surface area contributed by atoms with Gasteiger partial charge in [0.25, 0.3) is 0 Å². The van der Waals surface area contributed by atoms with Crippen LogP contribution < -0.4 is 5.43 Å². The highest BCUT2D eigenvalue weighted by molar-refractivity contribution is 5.87. The zero-order valence-corrected chi connectivity index (χ0v) is 15.1. The Labute approximate surface area is 154 Å². The van der Waals surface area contributed by atoms with Gasteiger partial charge >= 0.3 is 5.97 Å². The largest absolute Gasteiger partial charge is 0.463 e. The van der Waals surface area contributed by atoms with E-state index >= 15 is 0 Å². The fourth-order valence-corrected chi connectivity index (χ4v) is 3.20. The van der Waals surface area contributed by atoms with E-state index in [1.165, 1.54) is 0 Å². The number of allylic oxidation sites excluding steroid dienone is 2. The molecule has 1 heterocycles. The van der Waals surface area contributed by atoms with Crippen LogP contribution in [0.2, 0.25) is 0 Å². The number of hydrogen-bond donors (Lipinski definition) is 1. The van der Waals surface area contributed by atoms with Crippen LogP contribution in [0.15, 0.2) is 58.4 Å². The van der Waals surface area contributed by atoms with E-state index in [1.54, 1.807) is 6.08 Å². The molecule has 6 nitrogen and oxygen atoms in total. The van der Waals surface area contributed by atoms with Gasteiger partial charge in [-0.05, 0) is 43.0 Å². The second-order valence-corrected chi connectivity index (χ2v) is 6.13. The van der Waals surface area contributed by atoms with Crippen LogP contribution in [0, 0.1) is 0 Å². The number of morpholine rings is 1. The lowest BCUT2D eigenvalue weighted by Crippen LogP contribution is -2.36. The maximum absolute atomic E-state index is 11.9. The molecule has 1 aromatic rings. The first-order chi connectivity index (χ1) is 12.8. The van der Waals surface area contributed by atoms with Crippen LogP contribution in [-0.2, 0) is 14.3 Å². The molecule has 26 heavy (non-hydrogen) atoms. The van der Waals surface area contributed by atoms with Gasteiger partial charge in [0.2, 0.25) is 0 Å². The number of carbonyl (C=O) groups is 1. The molecular weight excluding hydrogens is 330 g/mol. The molecule has 0 aromatic heterocycles. The Morgan fingerprint density at radius 1 is 1.27 bits per heavy atom. The smallest absolute Gasteiger partial charge is 0.331 e. The first-order valence-corrected chi connectivity index (χ1v) is 9.05. The molecule has 0 radical (unpaired) electrons. The molecule has 0 bridgehead atoms. The maximum atomic E-state index is 11.9. The minimum atomic E-state index is -0.283. The molecule has 1 fully saturated rings. The molecule has 0 saturated carbocycles. The van der Waals surface area contributed by atoms with E-state index in [1.807, 2.05) is 43.5 Å². The van der Waals surface area contributed by atoms with Crippen LogP contribution in [-0.4, -0.2) is 50.0 Å². The standard InChI is InChI=1S/C20H25N3O3/c1-2-26-19(24)14-16-8-9-17(20(16)23-10-12-25-13-11-23)15-21-22-18-6-4-3-5-7-18/h3-7,14-15,22H,2,8-13H2,1H3/b16-14+,21-15-. The number of para-hydroxylation sites is 1. The third-order valence-corrected chi connectivity index (χ3v) is 4.37. The summed E-state index contributed by atoms with van der Waals surface area (Å²) in [5.74, 6) is -0.283. The van der Waals surface area contributed by atoms with E-state index < -0.39 is 0 Å². The highest BCUT2D eigenvalue weighted by Gasteiger charge is 2.26. The summed E-state index contributed by atoms with van der Waals surface area (Å²) in [5.41, 5.74) is 7.24. The SMILES string of the molecule is CCOC(=O)/C=C1\CCC(/C=N\Nc2ccccc2)=C1N1CCOCC1. The lowest BCUT2D eigenvalue weighted by Gasteiger charge is -2.31. The third-order valence-electron chi connectivity index (χ3n) is 4.37. The number of benzene rings is 1. The van der Waals surface area contributed by atoms with Crippen molar-refractivity contribution in [1.82, 2.24) is 4.90 Å². The molecular formula is C20H25N3O3. The zero-order chi connectivity index (χ0) is 18.2. The minimum absolute atomic E-state index is 0.283. The van der Waals surface area contributed by atoms with Crippen molar-refractivity contribution in [1.29, 1.82) is 0 Å². The molecule has 1 aromatic carbocycles. The van der Waals surface area contributed by atoms with Crippen molar-refractivity contribution < 1.29 is 14.3 Å². The summed E-state index contributed by atoms with van der Waals surface area (Å²) in [6.07, 6.45) is 5.17. The third kappa shape index (κ3) is 4.73. The Balaban J connectivity index is 1.80. The molecule has 1 N–H and O–H groups in total. The van der Waals surface area contributed by atoms with Crippen LogP contribution in [0.1, 0.15) is 19.8 Å². The number of hydrogen-bond acceptors (Lipinski definition) is 6. The predicted octanol–water partition coefficient (Wildman–Crippen LogP) is 2.95. The number of rotatable bonds is 6. The van der Waals surface area contributed by atoms with Crippen LogP contribution in [0.5, 0.6) is 0 Å². The van der Waals surface area contributed by atoms with E-state index in [0.29, 0.717) is 19.8 Å². The fourth-order valence-electron chi connectivity index (χ4n) is 3.20. The van der Waals surface area contributed by atoms with Crippen molar-refractivity contribution >= 4 is 17.9 Å². The number of hydrazone groups is 1. The maximum Gasteiger partial charge on any atom is 0.331 e. The zero-order valence-electron chi connectivity index (χ0n) is 15.1. The Bertz CT molecular complexity index is 704. The summed E-state index contributed by atoms with van der Waals surface area (Å²) in [4.78, 5) is 14.2. The molecule has 0 atom stereocenters. The molecule has 6 heteroatoms. The Morgan fingerprint density at radius 3 is 2.77 bits per heavy atom. The fraction of sp³-hybridized carbons (Fsp3) is 0.400. The second kappa shape index (κ2) is 9.20. The average Bonchev–Trinajstić information content (AvgIpc) is 3.06. The van der Waals surface area contributed by atoms with Crippen LogP contribution in [0.4, 0.5) is 5.69 Å². The minimum Gasteiger partial charge on any atom is -0.463 e. The Hall–Kier alpha value is -2.60. The van der Waals surface area contributed by atoms with Gasteiger partial charge in [0.15, 0.2) is 0 Å². The highest BCUT2D eigenvalue weighted by Crippen LogP contribution is 2.33. The van der Waals surface area contributed by atoms with Crippen LogP contribution >= 0.6 is 0 Å². The molecule has 0 unspecified atom stereocenters. The first-order valence-electron chi connectivity index (χ1n) is 9.05. The molecule has 1 aliphatic heterocycles. The topological polar surface area (TPSA) is 63.2 Å². The predicted molar refractivity (Wildman–Crippen MR) is 102 cm³/mol. The number of ether oxygens (including phenoxy) is 2. The molecule has 3 rings (SSSR count). The summed E-state index contributed by atoms with van der Waals surface area (Å²) in [7, 11) is 0. The van der Waals surface area contributed by atoms with Gasteiger partial charge in [-0.2, -0.15) is 5.10 Å². The van der Waals surface area contributed by atoms with E-state index in [9.17, 15) is 4.79 Å². The Morgan fingerprint density at radius 2 is 2.04 bits per heavy atom. The molecule has 138 valence electrons. The van der Waals surface area contributed by atoms with Gasteiger partial charge < -0.3 is 14.4 Å². The van der Waals surface area contributed by atoms with Crippen LogP contribution in [0.25, 0.3) is 0 Å². The van der Waals surface area contributed by atoms with E-state index in [0.717, 1.165) is 48.5 Å². The number of carbonyl (C=O) groups excluding carboxylic acids is 1. The summed E-state index contributed by atoms with van der Waals surface area (Å²) < 4.78 is 10.6. The molecule has 1 aliphatic carbocycles. The average molecular weight is 355 g/mol. The van der Waals surface area contributed by atoms with Crippen molar-refractivity contribution in [3.05, 3.63) is 53.3 Å². The van der Waals surface area contributed by atoms with Gasteiger partial charge in [-0.3, -0.25) is 5.43 Å². The number of nitrogens with zero attached hydrogens (tertiary/aromatic N) is 2. The lowest BCUT2D eigenvalue weighted by molar-refractivity contribution is -0.137. The highest BCUT2D eigenvalue weighted by atomic mass is 16.5. The van der Waals surface area contributed by atoms with Crippen molar-refractivity contribution in [3.8, 4) is 0 Å². The van der Waals surface area contributed by atoms with E-state index in [-0.39, 0.29) is 5.97 Å². The molecule has 1 saturated heterocycles. The summed E-state index contributed by atoms with van der Waals surface area (Å²) in [6, 6.07) is 9.83. The van der Waals surface area contributed by atoms with Crippen molar-refractivity contribution in [2.24, 2.45) is 5.10 Å². The number of nitrogens with one attached hydrogen (secondary N) is 1. The molecule has 0 spiro atoms. The van der Waals surface area contributed by atoms with E-state index in [4.69, 9.17) is 9.47 Å². The number of esters is 1. The van der Waals surface area contributed by atoms with Gasteiger partial charge in [0.1, 0.15) is 0 Å². The summed E-state index contributed by atoms with van der Waals surface area (Å²) in [6.45, 7) is 5.23.